The quantitative estimate of drug-likeness (QED) is 0.466. The smallest absolute Gasteiger partial charge is 0.140 e. The number of benzene rings is 1. The lowest BCUT2D eigenvalue weighted by atomic mass is 10.3. The molecule has 0 saturated carbocycles. The Bertz CT molecular complexity index is 203. The SMILES string of the molecule is CC(Oc1ccccc1)[SiH2]I. The van der Waals surface area contributed by atoms with Gasteiger partial charge in [-0.3, -0.25) is 0 Å². The van der Waals surface area contributed by atoms with Crippen molar-refractivity contribution in [3.05, 3.63) is 30.3 Å². The molecule has 0 aliphatic rings. The Kier molecular flexibility index (Phi) is 3.92. The summed E-state index contributed by atoms with van der Waals surface area (Å²) in [4.78, 5) is 0. The Morgan fingerprint density at radius 2 is 2.00 bits per heavy atom. The van der Waals surface area contributed by atoms with Gasteiger partial charge in [0.15, 0.2) is 0 Å². The van der Waals surface area contributed by atoms with E-state index in [2.05, 4.69) is 28.7 Å². The van der Waals surface area contributed by atoms with E-state index in [4.69, 9.17) is 4.74 Å². The van der Waals surface area contributed by atoms with Crippen molar-refractivity contribution in [2.45, 2.75) is 12.7 Å². The van der Waals surface area contributed by atoms with Crippen LogP contribution in [0.3, 0.4) is 0 Å². The van der Waals surface area contributed by atoms with E-state index in [1.165, 1.54) is 0 Å². The van der Waals surface area contributed by atoms with E-state index in [1.807, 2.05) is 30.3 Å². The molecule has 1 rings (SSSR count). The van der Waals surface area contributed by atoms with Gasteiger partial charge in [-0.2, -0.15) is 0 Å². The molecule has 0 saturated heterocycles. The van der Waals surface area contributed by atoms with Crippen LogP contribution in [0.4, 0.5) is 0 Å². The van der Waals surface area contributed by atoms with E-state index in [-0.39, 0.29) is 7.02 Å². The standard InChI is InChI=1S/C8H11IOSi/c1-7(11-9)10-8-5-3-2-4-6-8/h2-7H,11H2,1H3. The molecule has 1 aromatic rings. The Morgan fingerprint density at radius 3 is 2.55 bits per heavy atom. The summed E-state index contributed by atoms with van der Waals surface area (Å²) >= 11 is 2.45. The molecule has 1 atom stereocenters. The van der Waals surface area contributed by atoms with Gasteiger partial charge in [-0.15, -0.1) is 21.8 Å². The van der Waals surface area contributed by atoms with Gasteiger partial charge in [-0.1, -0.05) is 18.2 Å². The highest BCUT2D eigenvalue weighted by Gasteiger charge is 1.99. The maximum atomic E-state index is 5.62. The molecule has 0 N–H and O–H groups in total. The molecule has 11 heavy (non-hydrogen) atoms. The summed E-state index contributed by atoms with van der Waals surface area (Å²) in [5, 5.41) is 0. The van der Waals surface area contributed by atoms with Crippen molar-refractivity contribution in [1.29, 1.82) is 0 Å². The first kappa shape index (κ1) is 9.06. The Labute approximate surface area is 82.2 Å². The molecule has 0 aromatic heterocycles. The molecule has 3 heteroatoms. The van der Waals surface area contributed by atoms with Crippen molar-refractivity contribution in [3.63, 3.8) is 0 Å². The number of hydrogen-bond donors (Lipinski definition) is 0. The van der Waals surface area contributed by atoms with Crippen molar-refractivity contribution in [2.24, 2.45) is 0 Å². The van der Waals surface area contributed by atoms with E-state index in [0.29, 0.717) is 5.73 Å². The number of halogens is 1. The molecule has 0 fully saturated rings. The fourth-order valence-electron chi connectivity index (χ4n) is 0.763. The fourth-order valence-corrected chi connectivity index (χ4v) is 1.56. The lowest BCUT2D eigenvalue weighted by Crippen LogP contribution is -2.15. The van der Waals surface area contributed by atoms with E-state index in [0.717, 1.165) is 5.75 Å². The number of ether oxygens (including phenoxy) is 1. The summed E-state index contributed by atoms with van der Waals surface area (Å²) in [6.07, 6.45) is 0. The minimum absolute atomic E-state index is 0.0577. The lowest BCUT2D eigenvalue weighted by molar-refractivity contribution is 0.300. The average molecular weight is 278 g/mol. The Balaban J connectivity index is 2.51. The highest BCUT2D eigenvalue weighted by molar-refractivity contribution is 14.1. The summed E-state index contributed by atoms with van der Waals surface area (Å²) < 4.78 is 5.62. The zero-order valence-corrected chi connectivity index (χ0v) is 10.0. The largest absolute Gasteiger partial charge is 0.494 e. The van der Waals surface area contributed by atoms with Crippen LogP contribution in [0.15, 0.2) is 30.3 Å². The number of hydrogen-bond acceptors (Lipinski definition) is 1. The maximum absolute atomic E-state index is 5.62. The zero-order valence-electron chi connectivity index (χ0n) is 6.46. The molecule has 0 bridgehead atoms. The van der Waals surface area contributed by atoms with Gasteiger partial charge in [-0.05, 0) is 19.1 Å². The van der Waals surface area contributed by atoms with Crippen molar-refractivity contribution in [2.75, 3.05) is 0 Å². The predicted octanol–water partition coefficient (Wildman–Crippen LogP) is 1.93. The van der Waals surface area contributed by atoms with Crippen LogP contribution in [0, 0.1) is 0 Å². The van der Waals surface area contributed by atoms with Crippen LogP contribution in [0.1, 0.15) is 6.92 Å². The highest BCUT2D eigenvalue weighted by Crippen LogP contribution is 2.10. The van der Waals surface area contributed by atoms with Gasteiger partial charge >= 0.3 is 0 Å². The third-order valence-corrected chi connectivity index (χ3v) is 5.62. The number of rotatable bonds is 3. The summed E-state index contributed by atoms with van der Waals surface area (Å²) in [5.41, 5.74) is 0.443. The van der Waals surface area contributed by atoms with Gasteiger partial charge in [-0.25, -0.2) is 0 Å². The Morgan fingerprint density at radius 1 is 1.36 bits per heavy atom. The minimum Gasteiger partial charge on any atom is -0.494 e. The first-order valence-corrected chi connectivity index (χ1v) is 9.53. The molecular formula is C8H11IOSi. The molecular weight excluding hydrogens is 267 g/mol. The second-order valence-corrected chi connectivity index (χ2v) is 6.50. The summed E-state index contributed by atoms with van der Waals surface area (Å²) in [5.74, 6) is 0.990. The zero-order chi connectivity index (χ0) is 8.10. The molecule has 0 aliphatic heterocycles. The molecule has 0 spiro atoms. The molecule has 60 valence electrons. The van der Waals surface area contributed by atoms with Crippen LogP contribution in [0.25, 0.3) is 0 Å². The summed E-state index contributed by atoms with van der Waals surface area (Å²) in [6.45, 7) is 2.13. The summed E-state index contributed by atoms with van der Waals surface area (Å²) in [6, 6.07) is 9.99. The second kappa shape index (κ2) is 4.77. The van der Waals surface area contributed by atoms with Crippen LogP contribution in [-0.4, -0.2) is 12.7 Å². The predicted molar refractivity (Wildman–Crippen MR) is 59.1 cm³/mol. The molecule has 0 radical (unpaired) electrons. The highest BCUT2D eigenvalue weighted by atomic mass is 127. The topological polar surface area (TPSA) is 9.23 Å². The second-order valence-electron chi connectivity index (χ2n) is 2.40. The molecule has 0 amide bonds. The van der Waals surface area contributed by atoms with Gasteiger partial charge in [0.2, 0.25) is 0 Å². The van der Waals surface area contributed by atoms with Crippen molar-refractivity contribution >= 4 is 28.8 Å². The van der Waals surface area contributed by atoms with E-state index in [9.17, 15) is 0 Å². The van der Waals surface area contributed by atoms with Crippen LogP contribution in [-0.2, 0) is 0 Å². The molecule has 0 heterocycles. The monoisotopic (exact) mass is 278 g/mol. The van der Waals surface area contributed by atoms with Crippen molar-refractivity contribution in [1.82, 2.24) is 0 Å². The number of para-hydroxylation sites is 1. The Hall–Kier alpha value is -0.0331. The maximum Gasteiger partial charge on any atom is 0.140 e. The van der Waals surface area contributed by atoms with Gasteiger partial charge < -0.3 is 4.74 Å². The molecule has 1 nitrogen and oxygen atoms in total. The lowest BCUT2D eigenvalue weighted by Gasteiger charge is -2.10. The van der Waals surface area contributed by atoms with Crippen LogP contribution < -0.4 is 4.74 Å². The van der Waals surface area contributed by atoms with Crippen LogP contribution >= 0.6 is 21.8 Å². The normalized spacial score (nSPS) is 13.6. The first-order valence-electron chi connectivity index (χ1n) is 3.60. The molecule has 1 aromatic carbocycles. The first-order chi connectivity index (χ1) is 5.33. The third-order valence-electron chi connectivity index (χ3n) is 1.30. The van der Waals surface area contributed by atoms with Crippen LogP contribution in [0.5, 0.6) is 5.75 Å². The van der Waals surface area contributed by atoms with E-state index >= 15 is 0 Å². The van der Waals surface area contributed by atoms with Crippen molar-refractivity contribution in [3.8, 4) is 5.75 Å². The average Bonchev–Trinajstić information content (AvgIpc) is 2.06. The van der Waals surface area contributed by atoms with Gasteiger partial charge in [0.05, 0.1) is 5.73 Å². The molecule has 0 aliphatic carbocycles. The molecule has 1 unspecified atom stereocenters. The third kappa shape index (κ3) is 3.24. The van der Waals surface area contributed by atoms with Gasteiger partial charge in [0.25, 0.3) is 0 Å². The van der Waals surface area contributed by atoms with E-state index in [1.54, 1.807) is 0 Å². The van der Waals surface area contributed by atoms with Gasteiger partial charge in [0, 0.05) is 0 Å². The van der Waals surface area contributed by atoms with Crippen LogP contribution in [0.2, 0.25) is 0 Å². The van der Waals surface area contributed by atoms with Gasteiger partial charge in [0.1, 0.15) is 12.8 Å². The van der Waals surface area contributed by atoms with E-state index < -0.39 is 0 Å². The van der Waals surface area contributed by atoms with Crippen molar-refractivity contribution < 1.29 is 4.74 Å². The fraction of sp³-hybridized carbons (Fsp3) is 0.250. The minimum atomic E-state index is -0.0577. The summed E-state index contributed by atoms with van der Waals surface area (Å²) in [7, 11) is -0.0577.